The lowest BCUT2D eigenvalue weighted by molar-refractivity contribution is -0.143. The molecule has 1 aliphatic heterocycles. The van der Waals surface area contributed by atoms with Crippen molar-refractivity contribution in [3.05, 3.63) is 76.5 Å². The van der Waals surface area contributed by atoms with Crippen LogP contribution in [0.5, 0.6) is 0 Å². The number of carbonyl (C=O) groups is 1. The highest BCUT2D eigenvalue weighted by Crippen LogP contribution is 2.34. The van der Waals surface area contributed by atoms with E-state index in [4.69, 9.17) is 0 Å². The molecule has 0 spiro atoms. The van der Waals surface area contributed by atoms with Gasteiger partial charge in [-0.15, -0.1) is 0 Å². The zero-order valence-electron chi connectivity index (χ0n) is 14.9. The second-order valence-electron chi connectivity index (χ2n) is 7.09. The third-order valence-electron chi connectivity index (χ3n) is 5.39. The fourth-order valence-electron chi connectivity index (χ4n) is 3.97. The van der Waals surface area contributed by atoms with Crippen molar-refractivity contribution in [2.24, 2.45) is 5.92 Å². The summed E-state index contributed by atoms with van der Waals surface area (Å²) < 4.78 is 1.05. The average Bonchev–Trinajstić information content (AvgIpc) is 2.68. The van der Waals surface area contributed by atoms with E-state index in [0.29, 0.717) is 12.8 Å². The largest absolute Gasteiger partial charge is 0.481 e. The Morgan fingerprint density at radius 3 is 2.59 bits per heavy atom. The van der Waals surface area contributed by atoms with Gasteiger partial charge in [0.1, 0.15) is 0 Å². The van der Waals surface area contributed by atoms with E-state index < -0.39 is 5.97 Å². The van der Waals surface area contributed by atoms with Crippen LogP contribution in [-0.4, -0.2) is 34.0 Å². The summed E-state index contributed by atoms with van der Waals surface area (Å²) >= 11 is 3.59. The minimum absolute atomic E-state index is 0.106. The average molecular weight is 425 g/mol. The molecule has 138 valence electrons. The van der Waals surface area contributed by atoms with Crippen LogP contribution in [0.2, 0.25) is 0 Å². The number of fused-ring (bicyclic) bond motifs is 1. The standard InChI is InChI=1S/C22H21BrN2O2/c23-20-3-1-2-17(13-20)21(25-10-7-15(8-11-25)22(26)27)18-4-5-19-14-24-9-6-16(19)12-18/h1-6,9,12-15,21H,7-8,10-11H2,(H,26,27). The van der Waals surface area contributed by atoms with E-state index in [0.717, 1.165) is 22.9 Å². The number of piperidine rings is 1. The molecule has 0 aliphatic carbocycles. The number of nitrogens with zero attached hydrogens (tertiary/aromatic N) is 2. The maximum atomic E-state index is 11.3. The van der Waals surface area contributed by atoms with Crippen molar-refractivity contribution in [1.82, 2.24) is 9.88 Å². The Morgan fingerprint density at radius 1 is 1.07 bits per heavy atom. The van der Waals surface area contributed by atoms with Crippen LogP contribution in [0.4, 0.5) is 0 Å². The molecule has 1 aliphatic rings. The van der Waals surface area contributed by atoms with Gasteiger partial charge in [0.15, 0.2) is 0 Å². The third kappa shape index (κ3) is 3.89. The number of aromatic nitrogens is 1. The molecule has 0 saturated carbocycles. The van der Waals surface area contributed by atoms with Gasteiger partial charge in [-0.3, -0.25) is 14.7 Å². The summed E-state index contributed by atoms with van der Waals surface area (Å²) in [5.74, 6) is -0.904. The van der Waals surface area contributed by atoms with Crippen LogP contribution < -0.4 is 0 Å². The quantitative estimate of drug-likeness (QED) is 0.647. The van der Waals surface area contributed by atoms with E-state index in [1.165, 1.54) is 16.5 Å². The number of aliphatic carboxylic acids is 1. The Bertz CT molecular complexity index is 967. The van der Waals surface area contributed by atoms with Crippen molar-refractivity contribution in [2.45, 2.75) is 18.9 Å². The molecule has 4 nitrogen and oxygen atoms in total. The minimum Gasteiger partial charge on any atom is -0.481 e. The van der Waals surface area contributed by atoms with Gasteiger partial charge < -0.3 is 5.11 Å². The molecule has 27 heavy (non-hydrogen) atoms. The first-order valence-corrected chi connectivity index (χ1v) is 9.97. The van der Waals surface area contributed by atoms with Gasteiger partial charge in [-0.1, -0.05) is 40.2 Å². The topological polar surface area (TPSA) is 53.4 Å². The molecule has 4 rings (SSSR count). The summed E-state index contributed by atoms with van der Waals surface area (Å²) in [6, 6.07) is 17.0. The summed E-state index contributed by atoms with van der Waals surface area (Å²) in [6.07, 6.45) is 5.08. The molecule has 2 heterocycles. The lowest BCUT2D eigenvalue weighted by atomic mass is 9.90. The van der Waals surface area contributed by atoms with Gasteiger partial charge in [0.05, 0.1) is 12.0 Å². The number of likely N-dealkylation sites (tertiary alicyclic amines) is 1. The molecule has 2 aromatic carbocycles. The SMILES string of the molecule is O=C(O)C1CCN(C(c2cccc(Br)c2)c2ccc3cnccc3c2)CC1. The van der Waals surface area contributed by atoms with Crippen molar-refractivity contribution in [1.29, 1.82) is 0 Å². The van der Waals surface area contributed by atoms with E-state index >= 15 is 0 Å². The van der Waals surface area contributed by atoms with E-state index in [9.17, 15) is 9.90 Å². The Morgan fingerprint density at radius 2 is 1.85 bits per heavy atom. The van der Waals surface area contributed by atoms with Gasteiger partial charge in [0.25, 0.3) is 0 Å². The van der Waals surface area contributed by atoms with Crippen molar-refractivity contribution in [3.63, 3.8) is 0 Å². The monoisotopic (exact) mass is 424 g/mol. The third-order valence-corrected chi connectivity index (χ3v) is 5.88. The summed E-state index contributed by atoms with van der Waals surface area (Å²) in [5, 5.41) is 11.6. The van der Waals surface area contributed by atoms with Gasteiger partial charge in [-0.25, -0.2) is 0 Å². The van der Waals surface area contributed by atoms with Crippen LogP contribution in [-0.2, 0) is 4.79 Å². The van der Waals surface area contributed by atoms with Gasteiger partial charge in [-0.2, -0.15) is 0 Å². The number of carboxylic acids is 1. The smallest absolute Gasteiger partial charge is 0.306 e. The fourth-order valence-corrected chi connectivity index (χ4v) is 4.38. The second-order valence-corrected chi connectivity index (χ2v) is 8.00. The molecule has 0 bridgehead atoms. The number of carboxylic acid groups (broad SMARTS) is 1. The van der Waals surface area contributed by atoms with Crippen LogP contribution >= 0.6 is 15.9 Å². The number of hydrogen-bond acceptors (Lipinski definition) is 3. The van der Waals surface area contributed by atoms with E-state index in [-0.39, 0.29) is 12.0 Å². The molecule has 5 heteroatoms. The molecule has 3 aromatic rings. The normalized spacial score (nSPS) is 17.1. The first kappa shape index (κ1) is 18.1. The number of rotatable bonds is 4. The lowest BCUT2D eigenvalue weighted by Crippen LogP contribution is -2.39. The predicted molar refractivity (Wildman–Crippen MR) is 110 cm³/mol. The first-order chi connectivity index (χ1) is 13.1. The first-order valence-electron chi connectivity index (χ1n) is 9.18. The fraction of sp³-hybridized carbons (Fsp3) is 0.273. The Labute approximate surface area is 167 Å². The maximum absolute atomic E-state index is 11.3. The summed E-state index contributed by atoms with van der Waals surface area (Å²) in [4.78, 5) is 17.9. The second kappa shape index (κ2) is 7.79. The van der Waals surface area contributed by atoms with Crippen molar-refractivity contribution >= 4 is 32.7 Å². The van der Waals surface area contributed by atoms with Crippen LogP contribution in [0.15, 0.2) is 65.4 Å². The Kier molecular flexibility index (Phi) is 5.23. The van der Waals surface area contributed by atoms with E-state index in [2.05, 4.69) is 62.2 Å². The zero-order chi connectivity index (χ0) is 18.8. The highest BCUT2D eigenvalue weighted by atomic mass is 79.9. The molecule has 0 amide bonds. The van der Waals surface area contributed by atoms with Gasteiger partial charge in [-0.05, 0) is 66.7 Å². The Balaban J connectivity index is 1.72. The lowest BCUT2D eigenvalue weighted by Gasteiger charge is -2.37. The molecule has 1 N–H and O–H groups in total. The van der Waals surface area contributed by atoms with Gasteiger partial charge >= 0.3 is 5.97 Å². The number of hydrogen-bond donors (Lipinski definition) is 1. The number of benzene rings is 2. The summed E-state index contributed by atoms with van der Waals surface area (Å²) in [7, 11) is 0. The van der Waals surface area contributed by atoms with Crippen LogP contribution in [0.1, 0.15) is 30.0 Å². The highest BCUT2D eigenvalue weighted by molar-refractivity contribution is 9.10. The molecule has 0 radical (unpaired) electrons. The van der Waals surface area contributed by atoms with E-state index in [1.807, 2.05) is 24.5 Å². The molecule has 1 fully saturated rings. The zero-order valence-corrected chi connectivity index (χ0v) is 16.5. The molecule has 1 atom stereocenters. The highest BCUT2D eigenvalue weighted by Gasteiger charge is 2.30. The summed E-state index contributed by atoms with van der Waals surface area (Å²) in [5.41, 5.74) is 2.44. The van der Waals surface area contributed by atoms with Gasteiger partial charge in [0.2, 0.25) is 0 Å². The number of pyridine rings is 1. The van der Waals surface area contributed by atoms with Crippen LogP contribution in [0.3, 0.4) is 0 Å². The van der Waals surface area contributed by atoms with E-state index in [1.54, 1.807) is 0 Å². The molecule has 1 aromatic heterocycles. The minimum atomic E-state index is -0.674. The van der Waals surface area contributed by atoms with Crippen molar-refractivity contribution in [2.75, 3.05) is 13.1 Å². The Hall–Kier alpha value is -2.24. The maximum Gasteiger partial charge on any atom is 0.306 e. The molecular weight excluding hydrogens is 404 g/mol. The van der Waals surface area contributed by atoms with Crippen LogP contribution in [0, 0.1) is 5.92 Å². The summed E-state index contributed by atoms with van der Waals surface area (Å²) in [6.45, 7) is 1.56. The predicted octanol–water partition coefficient (Wildman–Crippen LogP) is 4.88. The van der Waals surface area contributed by atoms with Crippen molar-refractivity contribution < 1.29 is 9.90 Å². The molecular formula is C22H21BrN2O2. The number of halogens is 1. The van der Waals surface area contributed by atoms with Gasteiger partial charge in [0, 0.05) is 22.3 Å². The van der Waals surface area contributed by atoms with Crippen LogP contribution in [0.25, 0.3) is 10.8 Å². The molecule has 1 saturated heterocycles. The molecule has 1 unspecified atom stereocenters. The van der Waals surface area contributed by atoms with Crippen molar-refractivity contribution in [3.8, 4) is 0 Å².